The minimum atomic E-state index is 0.480. The molecule has 0 amide bonds. The summed E-state index contributed by atoms with van der Waals surface area (Å²) in [7, 11) is 0. The summed E-state index contributed by atoms with van der Waals surface area (Å²) < 4.78 is 0. The standard InChI is InChI=1S/C20H32N2/c1-4-5-6-7-8-12-15-20-21(18(2)3)16-17-22(20)19-13-10-9-11-14-19/h9-11,13-14,16-18,20H,4-8,12,15H2,1-3H3. The van der Waals surface area contributed by atoms with E-state index in [4.69, 9.17) is 0 Å². The molecule has 0 N–H and O–H groups in total. The molecule has 0 saturated carbocycles. The Hall–Kier alpha value is -1.44. The molecule has 122 valence electrons. The van der Waals surface area contributed by atoms with Crippen LogP contribution in [0.25, 0.3) is 0 Å². The number of rotatable bonds is 9. The Morgan fingerprint density at radius 3 is 2.27 bits per heavy atom. The van der Waals surface area contributed by atoms with Crippen LogP contribution in [-0.2, 0) is 0 Å². The average Bonchev–Trinajstić information content (AvgIpc) is 2.95. The van der Waals surface area contributed by atoms with E-state index in [1.165, 1.54) is 50.6 Å². The van der Waals surface area contributed by atoms with Gasteiger partial charge in [0.15, 0.2) is 0 Å². The molecular weight excluding hydrogens is 268 g/mol. The minimum Gasteiger partial charge on any atom is -0.353 e. The molecule has 0 aromatic heterocycles. The third-order valence-electron chi connectivity index (χ3n) is 4.53. The van der Waals surface area contributed by atoms with Gasteiger partial charge in [-0.05, 0) is 38.8 Å². The Morgan fingerprint density at radius 2 is 1.59 bits per heavy atom. The number of para-hydroxylation sites is 1. The third kappa shape index (κ3) is 4.53. The van der Waals surface area contributed by atoms with E-state index in [-0.39, 0.29) is 0 Å². The van der Waals surface area contributed by atoms with Crippen LogP contribution in [0.1, 0.15) is 65.7 Å². The maximum absolute atomic E-state index is 2.50. The Balaban J connectivity index is 1.91. The molecule has 1 unspecified atom stereocenters. The monoisotopic (exact) mass is 300 g/mol. The van der Waals surface area contributed by atoms with Crippen molar-refractivity contribution in [3.05, 3.63) is 42.7 Å². The second-order valence-electron chi connectivity index (χ2n) is 6.62. The van der Waals surface area contributed by atoms with Crippen molar-refractivity contribution in [2.45, 2.75) is 77.9 Å². The molecule has 1 aromatic carbocycles. The van der Waals surface area contributed by atoms with Crippen molar-refractivity contribution in [3.63, 3.8) is 0 Å². The number of hydrogen-bond donors (Lipinski definition) is 0. The maximum Gasteiger partial charge on any atom is 0.106 e. The van der Waals surface area contributed by atoms with E-state index in [0.29, 0.717) is 12.2 Å². The van der Waals surface area contributed by atoms with Crippen molar-refractivity contribution in [2.75, 3.05) is 4.90 Å². The highest BCUT2D eigenvalue weighted by atomic mass is 15.4. The zero-order valence-electron chi connectivity index (χ0n) is 14.5. The molecular formula is C20H32N2. The van der Waals surface area contributed by atoms with Crippen LogP contribution < -0.4 is 4.90 Å². The zero-order valence-corrected chi connectivity index (χ0v) is 14.5. The number of nitrogens with zero attached hydrogens (tertiary/aromatic N) is 2. The van der Waals surface area contributed by atoms with Gasteiger partial charge in [0.1, 0.15) is 6.17 Å². The van der Waals surface area contributed by atoms with Crippen LogP contribution in [0.2, 0.25) is 0 Å². The molecule has 0 fully saturated rings. The molecule has 0 radical (unpaired) electrons. The summed E-state index contributed by atoms with van der Waals surface area (Å²) in [5.41, 5.74) is 1.30. The fourth-order valence-electron chi connectivity index (χ4n) is 3.26. The summed E-state index contributed by atoms with van der Waals surface area (Å²) in [6, 6.07) is 11.3. The van der Waals surface area contributed by atoms with Gasteiger partial charge in [-0.3, -0.25) is 0 Å². The van der Waals surface area contributed by atoms with E-state index in [9.17, 15) is 0 Å². The van der Waals surface area contributed by atoms with Crippen LogP contribution in [0.15, 0.2) is 42.7 Å². The largest absolute Gasteiger partial charge is 0.353 e. The molecule has 1 heterocycles. The molecule has 1 aliphatic rings. The van der Waals surface area contributed by atoms with Crippen LogP contribution in [0.3, 0.4) is 0 Å². The normalized spacial score (nSPS) is 17.7. The zero-order chi connectivity index (χ0) is 15.8. The molecule has 0 aliphatic carbocycles. The number of unbranched alkanes of at least 4 members (excludes halogenated alkanes) is 5. The van der Waals surface area contributed by atoms with Crippen molar-refractivity contribution in [2.24, 2.45) is 0 Å². The average molecular weight is 300 g/mol. The van der Waals surface area contributed by atoms with E-state index < -0.39 is 0 Å². The Bertz CT molecular complexity index is 438. The molecule has 1 atom stereocenters. The lowest BCUT2D eigenvalue weighted by atomic mass is 10.1. The van der Waals surface area contributed by atoms with Crippen LogP contribution in [-0.4, -0.2) is 17.1 Å². The first-order chi connectivity index (χ1) is 10.7. The molecule has 0 spiro atoms. The molecule has 1 aliphatic heterocycles. The summed E-state index contributed by atoms with van der Waals surface area (Å²) in [5, 5.41) is 0. The molecule has 22 heavy (non-hydrogen) atoms. The number of anilines is 1. The summed E-state index contributed by atoms with van der Waals surface area (Å²) in [6.07, 6.45) is 14.4. The lowest BCUT2D eigenvalue weighted by molar-refractivity contribution is 0.233. The first-order valence-electron chi connectivity index (χ1n) is 9.03. The molecule has 1 aromatic rings. The van der Waals surface area contributed by atoms with Gasteiger partial charge < -0.3 is 9.80 Å². The van der Waals surface area contributed by atoms with Gasteiger partial charge in [0.05, 0.1) is 0 Å². The number of benzene rings is 1. The van der Waals surface area contributed by atoms with E-state index in [0.717, 1.165) is 0 Å². The topological polar surface area (TPSA) is 6.48 Å². The lowest BCUT2D eigenvalue weighted by Crippen LogP contribution is -2.42. The van der Waals surface area contributed by atoms with Gasteiger partial charge in [-0.1, -0.05) is 57.2 Å². The van der Waals surface area contributed by atoms with Crippen molar-refractivity contribution in [1.29, 1.82) is 0 Å². The van der Waals surface area contributed by atoms with Crippen molar-refractivity contribution < 1.29 is 0 Å². The molecule has 0 bridgehead atoms. The SMILES string of the molecule is CCCCCCCCC1N(c2ccccc2)C=CN1C(C)C. The third-order valence-corrected chi connectivity index (χ3v) is 4.53. The molecule has 2 heteroatoms. The van der Waals surface area contributed by atoms with Gasteiger partial charge in [0, 0.05) is 24.1 Å². The van der Waals surface area contributed by atoms with Crippen molar-refractivity contribution in [3.8, 4) is 0 Å². The summed E-state index contributed by atoms with van der Waals surface area (Å²) in [4.78, 5) is 4.94. The van der Waals surface area contributed by atoms with Gasteiger partial charge in [-0.2, -0.15) is 0 Å². The highest BCUT2D eigenvalue weighted by Crippen LogP contribution is 2.29. The summed E-state index contributed by atoms with van der Waals surface area (Å²) >= 11 is 0. The van der Waals surface area contributed by atoms with E-state index in [2.05, 4.69) is 73.3 Å². The van der Waals surface area contributed by atoms with Crippen molar-refractivity contribution in [1.82, 2.24) is 4.90 Å². The molecule has 0 saturated heterocycles. The minimum absolute atomic E-state index is 0.480. The Kier molecular flexibility index (Phi) is 6.82. The maximum atomic E-state index is 2.50. The van der Waals surface area contributed by atoms with Gasteiger partial charge in [-0.25, -0.2) is 0 Å². The fourth-order valence-corrected chi connectivity index (χ4v) is 3.26. The quantitative estimate of drug-likeness (QED) is 0.534. The summed E-state index contributed by atoms with van der Waals surface area (Å²) in [6.45, 7) is 6.85. The van der Waals surface area contributed by atoms with Crippen LogP contribution in [0.4, 0.5) is 5.69 Å². The second kappa shape index (κ2) is 8.87. The Morgan fingerprint density at radius 1 is 0.909 bits per heavy atom. The first-order valence-corrected chi connectivity index (χ1v) is 9.03. The predicted molar refractivity (Wildman–Crippen MR) is 96.8 cm³/mol. The predicted octanol–water partition coefficient (Wildman–Crippen LogP) is 5.76. The highest BCUT2D eigenvalue weighted by Gasteiger charge is 2.28. The van der Waals surface area contributed by atoms with Crippen LogP contribution in [0, 0.1) is 0 Å². The van der Waals surface area contributed by atoms with Crippen LogP contribution >= 0.6 is 0 Å². The van der Waals surface area contributed by atoms with Gasteiger partial charge in [-0.15, -0.1) is 0 Å². The molecule has 2 nitrogen and oxygen atoms in total. The molecule has 2 rings (SSSR count). The summed E-state index contributed by atoms with van der Waals surface area (Å²) in [5.74, 6) is 0. The second-order valence-corrected chi connectivity index (χ2v) is 6.62. The van der Waals surface area contributed by atoms with E-state index in [1.807, 2.05) is 0 Å². The van der Waals surface area contributed by atoms with Gasteiger partial charge >= 0.3 is 0 Å². The number of hydrogen-bond acceptors (Lipinski definition) is 2. The Labute approximate surface area is 136 Å². The van der Waals surface area contributed by atoms with E-state index >= 15 is 0 Å². The lowest BCUT2D eigenvalue weighted by Gasteiger charge is -2.35. The fraction of sp³-hybridized carbons (Fsp3) is 0.600. The first kappa shape index (κ1) is 16.9. The van der Waals surface area contributed by atoms with Crippen LogP contribution in [0.5, 0.6) is 0 Å². The van der Waals surface area contributed by atoms with E-state index in [1.54, 1.807) is 0 Å². The van der Waals surface area contributed by atoms with Gasteiger partial charge in [0.2, 0.25) is 0 Å². The highest BCUT2D eigenvalue weighted by molar-refractivity contribution is 5.51. The van der Waals surface area contributed by atoms with Crippen molar-refractivity contribution >= 4 is 5.69 Å². The smallest absolute Gasteiger partial charge is 0.106 e. The van der Waals surface area contributed by atoms with Gasteiger partial charge in [0.25, 0.3) is 0 Å².